The Balaban J connectivity index is 1.81. The van der Waals surface area contributed by atoms with Crippen LogP contribution in [0.3, 0.4) is 0 Å². The molecular formula is C40H39N3O4S2. The Labute approximate surface area is 293 Å². The van der Waals surface area contributed by atoms with Gasteiger partial charge in [0.2, 0.25) is 0 Å². The number of amides is 1. The van der Waals surface area contributed by atoms with Gasteiger partial charge in [0, 0.05) is 20.5 Å². The van der Waals surface area contributed by atoms with E-state index in [4.69, 9.17) is 0 Å². The molecule has 0 radical (unpaired) electrons. The smallest absolute Gasteiger partial charge is 0.306 e. The van der Waals surface area contributed by atoms with Crippen LogP contribution in [-0.2, 0) is 14.8 Å². The van der Waals surface area contributed by atoms with E-state index in [1.165, 1.54) is 24.1 Å². The first-order chi connectivity index (χ1) is 23.6. The van der Waals surface area contributed by atoms with Crippen LogP contribution in [0.15, 0.2) is 150 Å². The topological polar surface area (TPSA) is 87.1 Å². The SMILES string of the molecule is C=C/C=C(\C=C)c1ccc(SN(CC(=C)C)c2ccc(N(CC(=O)N=O)S(=O)(=O)c3ccc(-c4ccccc4)cc3)c(=C/C)/c2=C\C)cc1. The summed E-state index contributed by atoms with van der Waals surface area (Å²) >= 11 is 1.52. The maximum absolute atomic E-state index is 14.2. The van der Waals surface area contributed by atoms with Crippen LogP contribution in [0.25, 0.3) is 28.9 Å². The fourth-order valence-corrected chi connectivity index (χ4v) is 7.83. The predicted molar refractivity (Wildman–Crippen MR) is 206 cm³/mol. The molecule has 4 rings (SSSR count). The molecule has 0 bridgehead atoms. The van der Waals surface area contributed by atoms with E-state index in [1.807, 2.05) is 86.7 Å². The Kier molecular flexibility index (Phi) is 12.5. The zero-order valence-electron chi connectivity index (χ0n) is 27.9. The van der Waals surface area contributed by atoms with Crippen molar-refractivity contribution in [2.24, 2.45) is 5.18 Å². The maximum atomic E-state index is 14.2. The van der Waals surface area contributed by atoms with Crippen molar-refractivity contribution in [3.8, 4) is 11.1 Å². The van der Waals surface area contributed by atoms with Gasteiger partial charge in [-0.15, -0.1) is 4.91 Å². The van der Waals surface area contributed by atoms with Gasteiger partial charge in [-0.05, 0) is 91.4 Å². The first kappa shape index (κ1) is 36.6. The minimum Gasteiger partial charge on any atom is -0.307 e. The summed E-state index contributed by atoms with van der Waals surface area (Å²) in [6.45, 7) is 17.2. The Bertz CT molecular complexity index is 2120. The van der Waals surface area contributed by atoms with Gasteiger partial charge < -0.3 is 4.31 Å². The number of carbonyl (C=O) groups is 1. The fourth-order valence-electron chi connectivity index (χ4n) is 5.34. The quantitative estimate of drug-likeness (QED) is 0.0573. The first-order valence-electron chi connectivity index (χ1n) is 15.5. The lowest BCUT2D eigenvalue weighted by atomic mass is 10.1. The van der Waals surface area contributed by atoms with Crippen molar-refractivity contribution >= 4 is 57.0 Å². The number of benzene rings is 4. The first-order valence-corrected chi connectivity index (χ1v) is 17.7. The number of nitroso groups, excluding NO2 is 1. The highest BCUT2D eigenvalue weighted by Crippen LogP contribution is 2.31. The second kappa shape index (κ2) is 16.7. The van der Waals surface area contributed by atoms with E-state index >= 15 is 0 Å². The van der Waals surface area contributed by atoms with Crippen molar-refractivity contribution in [3.63, 3.8) is 0 Å². The number of nitrogens with zero attached hydrogens (tertiary/aromatic N) is 3. The van der Waals surface area contributed by atoms with Gasteiger partial charge in [-0.25, -0.2) is 8.42 Å². The summed E-state index contributed by atoms with van der Waals surface area (Å²) in [7, 11) is -4.31. The summed E-state index contributed by atoms with van der Waals surface area (Å²) in [6, 6.07) is 27.6. The van der Waals surface area contributed by atoms with E-state index in [1.54, 1.807) is 43.4 Å². The monoisotopic (exact) mass is 689 g/mol. The molecule has 0 aliphatic heterocycles. The average Bonchev–Trinajstić information content (AvgIpc) is 3.12. The van der Waals surface area contributed by atoms with E-state index in [2.05, 4.69) is 29.2 Å². The van der Waals surface area contributed by atoms with Crippen LogP contribution in [0.5, 0.6) is 0 Å². The molecule has 0 fully saturated rings. The maximum Gasteiger partial charge on any atom is 0.306 e. The van der Waals surface area contributed by atoms with Gasteiger partial charge in [-0.2, -0.15) is 0 Å². The second-order valence-electron chi connectivity index (χ2n) is 11.1. The van der Waals surface area contributed by atoms with E-state index in [-0.39, 0.29) is 10.6 Å². The van der Waals surface area contributed by atoms with E-state index < -0.39 is 22.5 Å². The molecule has 0 N–H and O–H groups in total. The minimum atomic E-state index is -4.31. The molecule has 0 aliphatic carbocycles. The van der Waals surface area contributed by atoms with Crippen LogP contribution in [0.2, 0.25) is 0 Å². The molecule has 9 heteroatoms. The molecule has 4 aromatic carbocycles. The number of carbonyl (C=O) groups excluding carboxylic acids is 1. The van der Waals surface area contributed by atoms with Crippen LogP contribution in [0.4, 0.5) is 11.4 Å². The molecule has 1 amide bonds. The summed E-state index contributed by atoms with van der Waals surface area (Å²) < 4.78 is 31.5. The van der Waals surface area contributed by atoms with Crippen molar-refractivity contribution in [2.75, 3.05) is 21.7 Å². The van der Waals surface area contributed by atoms with Crippen molar-refractivity contribution in [2.45, 2.75) is 30.6 Å². The number of hydrogen-bond acceptors (Lipinski definition) is 6. The van der Waals surface area contributed by atoms with Crippen molar-refractivity contribution in [3.05, 3.63) is 155 Å². The Morgan fingerprint density at radius 1 is 0.816 bits per heavy atom. The summed E-state index contributed by atoms with van der Waals surface area (Å²) in [6.07, 6.45) is 9.11. The van der Waals surface area contributed by atoms with Crippen molar-refractivity contribution < 1.29 is 13.2 Å². The van der Waals surface area contributed by atoms with E-state index in [0.29, 0.717) is 11.8 Å². The van der Waals surface area contributed by atoms with Crippen LogP contribution < -0.4 is 19.0 Å². The molecule has 0 saturated carbocycles. The second-order valence-corrected chi connectivity index (χ2v) is 14.0. The van der Waals surface area contributed by atoms with Gasteiger partial charge in [0.15, 0.2) is 0 Å². The van der Waals surface area contributed by atoms with Gasteiger partial charge >= 0.3 is 5.91 Å². The normalized spacial score (nSPS) is 12.3. The number of anilines is 2. The Hall–Kier alpha value is -5.25. The molecule has 4 aromatic rings. The summed E-state index contributed by atoms with van der Waals surface area (Å²) in [5.41, 5.74) is 5.73. The lowest BCUT2D eigenvalue weighted by Gasteiger charge is -2.28. The van der Waals surface area contributed by atoms with E-state index in [0.717, 1.165) is 47.9 Å². The zero-order valence-corrected chi connectivity index (χ0v) is 29.5. The molecule has 0 heterocycles. The molecule has 0 unspecified atom stereocenters. The van der Waals surface area contributed by atoms with Crippen LogP contribution >= 0.6 is 11.9 Å². The lowest BCUT2D eigenvalue weighted by Crippen LogP contribution is -2.42. The van der Waals surface area contributed by atoms with Gasteiger partial charge in [0.05, 0.1) is 22.8 Å². The highest BCUT2D eigenvalue weighted by Gasteiger charge is 2.29. The molecule has 0 saturated heterocycles. The third-order valence-electron chi connectivity index (χ3n) is 7.62. The van der Waals surface area contributed by atoms with Crippen LogP contribution in [-0.4, -0.2) is 27.4 Å². The zero-order chi connectivity index (χ0) is 35.6. The molecule has 7 nitrogen and oxygen atoms in total. The average molecular weight is 690 g/mol. The van der Waals surface area contributed by atoms with Crippen LogP contribution in [0.1, 0.15) is 26.3 Å². The summed E-state index contributed by atoms with van der Waals surface area (Å²) in [4.78, 5) is 24.7. The number of rotatable bonds is 14. The van der Waals surface area contributed by atoms with Crippen molar-refractivity contribution in [1.29, 1.82) is 0 Å². The molecule has 0 atom stereocenters. The highest BCUT2D eigenvalue weighted by atomic mass is 32.2. The molecule has 0 aromatic heterocycles. The highest BCUT2D eigenvalue weighted by molar-refractivity contribution is 8.00. The van der Waals surface area contributed by atoms with Gasteiger partial charge in [0.25, 0.3) is 10.0 Å². The Morgan fingerprint density at radius 3 is 1.96 bits per heavy atom. The summed E-state index contributed by atoms with van der Waals surface area (Å²) in [5.74, 6) is -1.11. The minimum absolute atomic E-state index is 0.0236. The van der Waals surface area contributed by atoms with Gasteiger partial charge in [-0.1, -0.05) is 110 Å². The van der Waals surface area contributed by atoms with Crippen LogP contribution in [0, 0.1) is 4.91 Å². The third-order valence-corrected chi connectivity index (χ3v) is 10.4. The lowest BCUT2D eigenvalue weighted by molar-refractivity contribution is -0.116. The number of hydrogen-bond donors (Lipinski definition) is 0. The van der Waals surface area contributed by atoms with E-state index in [9.17, 15) is 18.1 Å². The number of sulfonamides is 1. The summed E-state index contributed by atoms with van der Waals surface area (Å²) in [5, 5.41) is 3.85. The fraction of sp³-hybridized carbons (Fsp3) is 0.125. The Morgan fingerprint density at radius 2 is 1.41 bits per heavy atom. The molecular weight excluding hydrogens is 651 g/mol. The molecule has 0 aliphatic rings. The molecule has 49 heavy (non-hydrogen) atoms. The standard InChI is InChI=1S/C40H39N3O4S2/c1-7-14-30(8-2)32-17-21-34(22-18-32)48-42(27-29(5)6)38-25-26-39(37(10-4)36(38)9-3)43(28-40(44)41-45)49(46,47)35-23-19-33(20-24-35)31-15-12-11-13-16-31/h7-26H,1-2,5,27-28H2,3-4,6H3/b30-14+,36-9+,37-10+. The molecule has 0 spiro atoms. The number of allylic oxidation sites excluding steroid dienone is 4. The third kappa shape index (κ3) is 8.62. The van der Waals surface area contributed by atoms with Gasteiger partial charge in [0.1, 0.15) is 6.54 Å². The van der Waals surface area contributed by atoms with Gasteiger partial charge in [-0.3, -0.25) is 9.10 Å². The molecule has 250 valence electrons. The largest absolute Gasteiger partial charge is 0.307 e. The van der Waals surface area contributed by atoms with Crippen molar-refractivity contribution in [1.82, 2.24) is 0 Å². The predicted octanol–water partition coefficient (Wildman–Crippen LogP) is 8.29.